The molecular formula is C22H27N5O. The Labute approximate surface area is 166 Å². The highest BCUT2D eigenvalue weighted by Gasteiger charge is 2.31. The van der Waals surface area contributed by atoms with E-state index < -0.39 is 0 Å². The van der Waals surface area contributed by atoms with Crippen molar-refractivity contribution in [3.05, 3.63) is 40.6 Å². The number of fused-ring (bicyclic) bond motifs is 2. The molecule has 0 N–H and O–H groups in total. The second-order valence-corrected chi connectivity index (χ2v) is 7.85. The van der Waals surface area contributed by atoms with Gasteiger partial charge < -0.3 is 9.80 Å². The van der Waals surface area contributed by atoms with Gasteiger partial charge in [0.1, 0.15) is 0 Å². The van der Waals surface area contributed by atoms with Crippen molar-refractivity contribution in [1.29, 1.82) is 5.26 Å². The SMILES string of the molecule is CCC(C)n1nc(N2CCCc3cc(C#N)ccc32)c2c1CCN(C(C)=O)C2. The maximum Gasteiger partial charge on any atom is 0.219 e. The van der Waals surface area contributed by atoms with Crippen LogP contribution in [0.5, 0.6) is 0 Å². The molecule has 6 heteroatoms. The first-order valence-corrected chi connectivity index (χ1v) is 10.2. The van der Waals surface area contributed by atoms with Crippen LogP contribution in [0.4, 0.5) is 11.5 Å². The maximum atomic E-state index is 12.0. The fourth-order valence-corrected chi connectivity index (χ4v) is 4.34. The molecule has 3 heterocycles. The molecular weight excluding hydrogens is 350 g/mol. The van der Waals surface area contributed by atoms with E-state index in [4.69, 9.17) is 5.10 Å². The minimum atomic E-state index is 0.116. The molecule has 1 aromatic heterocycles. The summed E-state index contributed by atoms with van der Waals surface area (Å²) in [6, 6.07) is 8.51. The Hall–Kier alpha value is -2.81. The van der Waals surface area contributed by atoms with Gasteiger partial charge >= 0.3 is 0 Å². The Kier molecular flexibility index (Phi) is 4.84. The molecule has 2 aromatic rings. The second-order valence-electron chi connectivity index (χ2n) is 7.85. The molecule has 0 radical (unpaired) electrons. The van der Waals surface area contributed by atoms with Gasteiger partial charge in [-0.25, -0.2) is 0 Å². The zero-order valence-corrected chi connectivity index (χ0v) is 16.9. The lowest BCUT2D eigenvalue weighted by molar-refractivity contribution is -0.129. The number of anilines is 2. The minimum absolute atomic E-state index is 0.116. The summed E-state index contributed by atoms with van der Waals surface area (Å²) in [5.41, 5.74) is 5.50. The molecule has 1 amide bonds. The van der Waals surface area contributed by atoms with E-state index in [9.17, 15) is 10.1 Å². The molecule has 1 unspecified atom stereocenters. The van der Waals surface area contributed by atoms with Gasteiger partial charge in [-0.2, -0.15) is 10.4 Å². The summed E-state index contributed by atoms with van der Waals surface area (Å²) in [6.45, 7) is 8.32. The van der Waals surface area contributed by atoms with Crippen LogP contribution in [0.3, 0.4) is 0 Å². The highest BCUT2D eigenvalue weighted by Crippen LogP contribution is 2.38. The third-order valence-electron chi connectivity index (χ3n) is 6.10. The van der Waals surface area contributed by atoms with E-state index in [0.29, 0.717) is 18.2 Å². The monoisotopic (exact) mass is 377 g/mol. The number of nitrogens with zero attached hydrogens (tertiary/aromatic N) is 5. The normalized spacial score (nSPS) is 16.9. The van der Waals surface area contributed by atoms with Crippen LogP contribution in [0.2, 0.25) is 0 Å². The van der Waals surface area contributed by atoms with Crippen LogP contribution in [-0.2, 0) is 24.2 Å². The fourth-order valence-electron chi connectivity index (χ4n) is 4.34. The zero-order chi connectivity index (χ0) is 19.8. The van der Waals surface area contributed by atoms with Gasteiger partial charge in [0.2, 0.25) is 5.91 Å². The molecule has 0 spiro atoms. The largest absolute Gasteiger partial charge is 0.338 e. The van der Waals surface area contributed by atoms with Crippen molar-refractivity contribution in [2.24, 2.45) is 0 Å². The van der Waals surface area contributed by atoms with Crippen molar-refractivity contribution in [2.75, 3.05) is 18.0 Å². The standard InChI is InChI=1S/C22H27N5O/c1-4-15(2)27-21-9-11-25(16(3)28)14-19(21)22(24-27)26-10-5-6-18-12-17(13-23)7-8-20(18)26/h7-8,12,15H,4-6,9-11,14H2,1-3H3. The van der Waals surface area contributed by atoms with E-state index in [1.807, 2.05) is 23.1 Å². The van der Waals surface area contributed by atoms with E-state index >= 15 is 0 Å². The van der Waals surface area contributed by atoms with Crippen LogP contribution in [0.1, 0.15) is 62.0 Å². The number of carbonyl (C=O) groups excluding carboxylic acids is 1. The Balaban J connectivity index is 1.82. The van der Waals surface area contributed by atoms with Crippen LogP contribution in [0.25, 0.3) is 0 Å². The molecule has 4 rings (SSSR count). The number of benzene rings is 1. The third kappa shape index (κ3) is 3.05. The van der Waals surface area contributed by atoms with Crippen molar-refractivity contribution in [3.63, 3.8) is 0 Å². The summed E-state index contributed by atoms with van der Waals surface area (Å²) >= 11 is 0. The highest BCUT2D eigenvalue weighted by atomic mass is 16.2. The zero-order valence-electron chi connectivity index (χ0n) is 16.9. The van der Waals surface area contributed by atoms with Gasteiger partial charge in [-0.15, -0.1) is 0 Å². The van der Waals surface area contributed by atoms with E-state index in [2.05, 4.69) is 29.5 Å². The summed E-state index contributed by atoms with van der Waals surface area (Å²) in [5, 5.41) is 14.3. The van der Waals surface area contributed by atoms with E-state index in [1.54, 1.807) is 6.92 Å². The fraction of sp³-hybridized carbons (Fsp3) is 0.500. The first-order chi connectivity index (χ1) is 13.5. The Bertz CT molecular complexity index is 955. The van der Waals surface area contributed by atoms with Gasteiger partial charge in [0.25, 0.3) is 0 Å². The van der Waals surface area contributed by atoms with Gasteiger partial charge in [-0.05, 0) is 49.9 Å². The summed E-state index contributed by atoms with van der Waals surface area (Å²) < 4.78 is 2.18. The van der Waals surface area contributed by atoms with Crippen molar-refractivity contribution in [1.82, 2.24) is 14.7 Å². The quantitative estimate of drug-likeness (QED) is 0.818. The first-order valence-electron chi connectivity index (χ1n) is 10.2. The predicted octanol–water partition coefficient (Wildman–Crippen LogP) is 3.71. The number of carbonyl (C=O) groups is 1. The van der Waals surface area contributed by atoms with Gasteiger partial charge in [-0.3, -0.25) is 9.48 Å². The molecule has 2 aliphatic heterocycles. The van der Waals surface area contributed by atoms with E-state index in [0.717, 1.165) is 50.3 Å². The molecule has 146 valence electrons. The lowest BCUT2D eigenvalue weighted by Crippen LogP contribution is -2.35. The molecule has 2 aliphatic rings. The van der Waals surface area contributed by atoms with Crippen LogP contribution in [0.15, 0.2) is 18.2 Å². The molecule has 0 bridgehead atoms. The topological polar surface area (TPSA) is 65.2 Å². The number of rotatable bonds is 3. The van der Waals surface area contributed by atoms with Crippen molar-refractivity contribution >= 4 is 17.4 Å². The number of aryl methyl sites for hydroxylation is 1. The lowest BCUT2D eigenvalue weighted by atomic mass is 9.98. The average Bonchev–Trinajstić information content (AvgIpc) is 3.10. The number of hydrogen-bond donors (Lipinski definition) is 0. The van der Waals surface area contributed by atoms with Crippen LogP contribution in [-0.4, -0.2) is 33.7 Å². The van der Waals surface area contributed by atoms with Crippen molar-refractivity contribution < 1.29 is 4.79 Å². The molecule has 28 heavy (non-hydrogen) atoms. The summed E-state index contributed by atoms with van der Waals surface area (Å²) in [7, 11) is 0. The predicted molar refractivity (Wildman–Crippen MR) is 109 cm³/mol. The lowest BCUT2D eigenvalue weighted by Gasteiger charge is -2.32. The van der Waals surface area contributed by atoms with Gasteiger partial charge in [0.15, 0.2) is 5.82 Å². The molecule has 1 aromatic carbocycles. The number of nitriles is 1. The molecule has 0 fully saturated rings. The van der Waals surface area contributed by atoms with Gasteiger partial charge in [0.05, 0.1) is 18.2 Å². The molecule has 6 nitrogen and oxygen atoms in total. The average molecular weight is 377 g/mol. The van der Waals surface area contributed by atoms with Crippen LogP contribution < -0.4 is 4.90 Å². The van der Waals surface area contributed by atoms with Gasteiger partial charge in [0, 0.05) is 49.4 Å². The number of amides is 1. The van der Waals surface area contributed by atoms with Crippen molar-refractivity contribution in [2.45, 2.75) is 59.0 Å². The smallest absolute Gasteiger partial charge is 0.219 e. The van der Waals surface area contributed by atoms with Crippen LogP contribution in [0, 0.1) is 11.3 Å². The van der Waals surface area contributed by atoms with E-state index in [1.165, 1.54) is 16.8 Å². The third-order valence-corrected chi connectivity index (χ3v) is 6.10. The molecule has 0 saturated carbocycles. The minimum Gasteiger partial charge on any atom is -0.338 e. The Morgan fingerprint density at radius 1 is 1.32 bits per heavy atom. The Morgan fingerprint density at radius 2 is 2.14 bits per heavy atom. The number of hydrogen-bond acceptors (Lipinski definition) is 4. The first kappa shape index (κ1) is 18.5. The highest BCUT2D eigenvalue weighted by molar-refractivity contribution is 5.75. The Morgan fingerprint density at radius 3 is 2.86 bits per heavy atom. The molecule has 1 atom stereocenters. The summed E-state index contributed by atoms with van der Waals surface area (Å²) in [4.78, 5) is 16.2. The summed E-state index contributed by atoms with van der Waals surface area (Å²) in [6.07, 6.45) is 3.88. The molecule has 0 saturated heterocycles. The van der Waals surface area contributed by atoms with Gasteiger partial charge in [-0.1, -0.05) is 6.92 Å². The molecule has 0 aliphatic carbocycles. The second kappa shape index (κ2) is 7.31. The number of aromatic nitrogens is 2. The maximum absolute atomic E-state index is 12.0. The van der Waals surface area contributed by atoms with E-state index in [-0.39, 0.29) is 5.91 Å². The van der Waals surface area contributed by atoms with Crippen molar-refractivity contribution in [3.8, 4) is 6.07 Å². The van der Waals surface area contributed by atoms with Crippen LogP contribution >= 0.6 is 0 Å². The summed E-state index contributed by atoms with van der Waals surface area (Å²) in [5.74, 6) is 1.09.